The number of carbonyl (C=O) groups excluding carboxylic acids is 1. The summed E-state index contributed by atoms with van der Waals surface area (Å²) in [5.41, 5.74) is 0.867. The van der Waals surface area contributed by atoms with Crippen LogP contribution in [0.2, 0.25) is 0 Å². The Labute approximate surface area is 125 Å². The molecule has 2 aliphatic rings. The van der Waals surface area contributed by atoms with Crippen molar-refractivity contribution in [3.8, 4) is 0 Å². The molecule has 2 fully saturated rings. The van der Waals surface area contributed by atoms with Crippen molar-refractivity contribution >= 4 is 39.8 Å². The van der Waals surface area contributed by atoms with Crippen LogP contribution < -0.4 is 0 Å². The molecule has 1 atom stereocenters. The zero-order valence-corrected chi connectivity index (χ0v) is 13.2. The highest BCUT2D eigenvalue weighted by Crippen LogP contribution is 2.23. The molecule has 0 aromatic carbocycles. The van der Waals surface area contributed by atoms with E-state index in [1.807, 2.05) is 16.3 Å². The van der Waals surface area contributed by atoms with Crippen molar-refractivity contribution in [3.05, 3.63) is 19.9 Å². The highest BCUT2D eigenvalue weighted by Gasteiger charge is 2.32. The molecule has 0 saturated carbocycles. The number of halogens is 1. The van der Waals surface area contributed by atoms with E-state index in [1.165, 1.54) is 28.8 Å². The van der Waals surface area contributed by atoms with Gasteiger partial charge in [-0.25, -0.2) is 0 Å². The number of likely N-dealkylation sites (tertiary alicyclic amines) is 2. The average molecular weight is 376 g/mol. The van der Waals surface area contributed by atoms with E-state index < -0.39 is 0 Å². The van der Waals surface area contributed by atoms with Gasteiger partial charge >= 0.3 is 0 Å². The molecule has 3 heterocycles. The molecule has 0 bridgehead atoms. The van der Waals surface area contributed by atoms with E-state index in [9.17, 15) is 4.79 Å². The Hall–Kier alpha value is -0.140. The number of amides is 1. The lowest BCUT2D eigenvalue weighted by atomic mass is 10.2. The number of rotatable bonds is 2. The summed E-state index contributed by atoms with van der Waals surface area (Å²) in [5, 5.41) is 1.98. The fourth-order valence-electron chi connectivity index (χ4n) is 2.94. The molecule has 98 valence electrons. The lowest BCUT2D eigenvalue weighted by Crippen LogP contribution is -2.37. The maximum atomic E-state index is 12.3. The molecule has 0 radical (unpaired) electrons. The second-order valence-corrected chi connectivity index (χ2v) is 7.88. The molecule has 1 aromatic rings. The van der Waals surface area contributed by atoms with Crippen LogP contribution in [0.3, 0.4) is 0 Å². The number of thiophene rings is 1. The maximum absolute atomic E-state index is 12.3. The highest BCUT2D eigenvalue weighted by atomic mass is 127. The van der Waals surface area contributed by atoms with Crippen LogP contribution in [-0.4, -0.2) is 47.9 Å². The topological polar surface area (TPSA) is 23.6 Å². The van der Waals surface area contributed by atoms with Crippen LogP contribution in [-0.2, 0) is 0 Å². The maximum Gasteiger partial charge on any atom is 0.254 e. The molecule has 2 saturated heterocycles. The van der Waals surface area contributed by atoms with Crippen molar-refractivity contribution in [2.75, 3.05) is 26.2 Å². The predicted octanol–water partition coefficient (Wildman–Crippen LogP) is 2.66. The SMILES string of the molecule is O=C(c1csc(I)c1)N1CCC(N2CCCC2)C1. The lowest BCUT2D eigenvalue weighted by molar-refractivity contribution is 0.0780. The first kappa shape index (κ1) is 12.9. The van der Waals surface area contributed by atoms with Crippen LogP contribution in [0, 0.1) is 2.88 Å². The van der Waals surface area contributed by atoms with E-state index in [1.54, 1.807) is 11.3 Å². The summed E-state index contributed by atoms with van der Waals surface area (Å²) in [6.45, 7) is 4.30. The Balaban J connectivity index is 1.63. The molecule has 1 unspecified atom stereocenters. The van der Waals surface area contributed by atoms with Crippen molar-refractivity contribution in [2.45, 2.75) is 25.3 Å². The first-order chi connectivity index (χ1) is 8.74. The van der Waals surface area contributed by atoms with Crippen molar-refractivity contribution in [1.82, 2.24) is 9.80 Å². The molecule has 0 N–H and O–H groups in total. The van der Waals surface area contributed by atoms with Crippen LogP contribution in [0.25, 0.3) is 0 Å². The number of hydrogen-bond donors (Lipinski definition) is 0. The molecule has 0 aliphatic carbocycles. The third-order valence-corrected chi connectivity index (χ3v) is 5.71. The standard InChI is InChI=1S/C13H17IN2OS/c14-12-7-10(9-18-12)13(17)16-6-3-11(8-16)15-4-1-2-5-15/h7,9,11H,1-6,8H2. The Bertz CT molecular complexity index is 442. The number of hydrogen-bond acceptors (Lipinski definition) is 3. The zero-order chi connectivity index (χ0) is 12.5. The minimum atomic E-state index is 0.218. The minimum absolute atomic E-state index is 0.218. The molecule has 1 aromatic heterocycles. The van der Waals surface area contributed by atoms with Gasteiger partial charge in [-0.1, -0.05) is 0 Å². The van der Waals surface area contributed by atoms with Gasteiger partial charge in [0.1, 0.15) is 0 Å². The van der Waals surface area contributed by atoms with Gasteiger partial charge in [0.25, 0.3) is 5.91 Å². The van der Waals surface area contributed by atoms with Gasteiger partial charge in [0.05, 0.1) is 8.45 Å². The molecule has 0 spiro atoms. The van der Waals surface area contributed by atoms with Gasteiger partial charge in [-0.2, -0.15) is 0 Å². The summed E-state index contributed by atoms with van der Waals surface area (Å²) in [4.78, 5) is 16.9. The van der Waals surface area contributed by atoms with Crippen LogP contribution in [0.15, 0.2) is 11.4 Å². The summed E-state index contributed by atoms with van der Waals surface area (Å²) in [6.07, 6.45) is 3.80. The van der Waals surface area contributed by atoms with Crippen LogP contribution in [0.5, 0.6) is 0 Å². The third-order valence-electron chi connectivity index (χ3n) is 3.92. The van der Waals surface area contributed by atoms with Crippen molar-refractivity contribution < 1.29 is 4.79 Å². The normalized spacial score (nSPS) is 24.9. The Morgan fingerprint density at radius 1 is 1.33 bits per heavy atom. The second-order valence-electron chi connectivity index (χ2n) is 5.08. The van der Waals surface area contributed by atoms with Crippen molar-refractivity contribution in [2.24, 2.45) is 0 Å². The summed E-state index contributed by atoms with van der Waals surface area (Å²) >= 11 is 3.92. The fraction of sp³-hybridized carbons (Fsp3) is 0.615. The quantitative estimate of drug-likeness (QED) is 0.741. The van der Waals surface area contributed by atoms with Gasteiger partial charge in [-0.05, 0) is 61.0 Å². The summed E-state index contributed by atoms with van der Waals surface area (Å²) in [7, 11) is 0. The van der Waals surface area contributed by atoms with E-state index in [-0.39, 0.29) is 5.91 Å². The smallest absolute Gasteiger partial charge is 0.254 e. The third kappa shape index (κ3) is 2.58. The van der Waals surface area contributed by atoms with Gasteiger partial charge in [0.2, 0.25) is 0 Å². The molecule has 3 rings (SSSR count). The summed E-state index contributed by atoms with van der Waals surface area (Å²) in [5.74, 6) is 0.218. The van der Waals surface area contributed by atoms with Crippen LogP contribution in [0.1, 0.15) is 29.6 Å². The first-order valence-electron chi connectivity index (χ1n) is 6.51. The van der Waals surface area contributed by atoms with E-state index in [0.717, 1.165) is 25.1 Å². The second kappa shape index (κ2) is 5.46. The van der Waals surface area contributed by atoms with Crippen molar-refractivity contribution in [1.29, 1.82) is 0 Å². The molecule has 1 amide bonds. The van der Waals surface area contributed by atoms with Gasteiger partial charge in [-0.15, -0.1) is 11.3 Å². The van der Waals surface area contributed by atoms with Crippen LogP contribution in [0.4, 0.5) is 0 Å². The molecular formula is C13H17IN2OS. The molecule has 2 aliphatic heterocycles. The number of carbonyl (C=O) groups is 1. The Morgan fingerprint density at radius 2 is 2.11 bits per heavy atom. The predicted molar refractivity (Wildman–Crippen MR) is 82.2 cm³/mol. The van der Waals surface area contributed by atoms with E-state index in [2.05, 4.69) is 27.5 Å². The van der Waals surface area contributed by atoms with Gasteiger partial charge < -0.3 is 4.90 Å². The highest BCUT2D eigenvalue weighted by molar-refractivity contribution is 14.1. The van der Waals surface area contributed by atoms with Gasteiger partial charge in [0, 0.05) is 24.5 Å². The average Bonchev–Trinajstić information content (AvgIpc) is 3.09. The van der Waals surface area contributed by atoms with E-state index in [4.69, 9.17) is 0 Å². The Kier molecular flexibility index (Phi) is 3.91. The molecule has 18 heavy (non-hydrogen) atoms. The van der Waals surface area contributed by atoms with Gasteiger partial charge in [0.15, 0.2) is 0 Å². The molecule has 3 nitrogen and oxygen atoms in total. The number of nitrogens with zero attached hydrogens (tertiary/aromatic N) is 2. The molecular weight excluding hydrogens is 359 g/mol. The minimum Gasteiger partial charge on any atom is -0.337 e. The monoisotopic (exact) mass is 376 g/mol. The largest absolute Gasteiger partial charge is 0.337 e. The summed E-state index contributed by atoms with van der Waals surface area (Å²) < 4.78 is 1.19. The Morgan fingerprint density at radius 3 is 2.78 bits per heavy atom. The molecule has 5 heteroatoms. The fourth-order valence-corrected chi connectivity index (χ4v) is 4.26. The van der Waals surface area contributed by atoms with E-state index in [0.29, 0.717) is 6.04 Å². The van der Waals surface area contributed by atoms with Crippen LogP contribution >= 0.6 is 33.9 Å². The first-order valence-corrected chi connectivity index (χ1v) is 8.47. The van der Waals surface area contributed by atoms with Crippen molar-refractivity contribution in [3.63, 3.8) is 0 Å². The van der Waals surface area contributed by atoms with Gasteiger partial charge in [-0.3, -0.25) is 9.69 Å². The summed E-state index contributed by atoms with van der Waals surface area (Å²) in [6, 6.07) is 2.60. The van der Waals surface area contributed by atoms with E-state index >= 15 is 0 Å². The zero-order valence-electron chi connectivity index (χ0n) is 10.3. The lowest BCUT2D eigenvalue weighted by Gasteiger charge is -2.23.